The van der Waals surface area contributed by atoms with Gasteiger partial charge in [0.15, 0.2) is 5.78 Å². The lowest BCUT2D eigenvalue weighted by Crippen LogP contribution is -2.23. The van der Waals surface area contributed by atoms with Gasteiger partial charge in [-0.25, -0.2) is 0 Å². The van der Waals surface area contributed by atoms with Crippen molar-refractivity contribution < 1.29 is 9.59 Å². The first-order chi connectivity index (χ1) is 12.6. The molecule has 0 spiro atoms. The van der Waals surface area contributed by atoms with Gasteiger partial charge in [-0.2, -0.15) is 0 Å². The van der Waals surface area contributed by atoms with Crippen LogP contribution in [0.5, 0.6) is 0 Å². The van der Waals surface area contributed by atoms with Crippen LogP contribution in [0.1, 0.15) is 22.8 Å². The molecular weight excluding hydrogens is 342 g/mol. The van der Waals surface area contributed by atoms with Crippen LogP contribution < -0.4 is 5.32 Å². The molecule has 0 heterocycles. The highest BCUT2D eigenvalue weighted by atomic mass is 32.2. The molecule has 0 aliphatic rings. The average molecular weight is 361 g/mol. The lowest BCUT2D eigenvalue weighted by molar-refractivity contribution is -0.115. The second-order valence-electron chi connectivity index (χ2n) is 5.80. The molecule has 0 saturated carbocycles. The third kappa shape index (κ3) is 4.41. The van der Waals surface area contributed by atoms with E-state index in [0.29, 0.717) is 16.8 Å². The summed E-state index contributed by atoms with van der Waals surface area (Å²) in [4.78, 5) is 26.4. The van der Waals surface area contributed by atoms with Crippen LogP contribution >= 0.6 is 11.8 Å². The van der Waals surface area contributed by atoms with E-state index in [0.717, 1.165) is 4.90 Å². The number of rotatable bonds is 6. The van der Waals surface area contributed by atoms with E-state index in [-0.39, 0.29) is 16.9 Å². The Hall–Kier alpha value is -2.85. The molecular formula is C22H19NO2S. The summed E-state index contributed by atoms with van der Waals surface area (Å²) in [5.74, 6) is -0.239. The Morgan fingerprint density at radius 3 is 2.08 bits per heavy atom. The quantitative estimate of drug-likeness (QED) is 0.494. The van der Waals surface area contributed by atoms with Crippen molar-refractivity contribution in [2.45, 2.75) is 17.1 Å². The number of benzene rings is 3. The number of anilines is 1. The Labute approximate surface area is 157 Å². The van der Waals surface area contributed by atoms with Crippen molar-refractivity contribution in [2.24, 2.45) is 0 Å². The first kappa shape index (κ1) is 18.0. The summed E-state index contributed by atoms with van der Waals surface area (Å²) < 4.78 is 0. The number of carbonyl (C=O) groups is 2. The summed E-state index contributed by atoms with van der Waals surface area (Å²) in [6, 6.07) is 26.0. The van der Waals surface area contributed by atoms with Crippen molar-refractivity contribution in [3.05, 3.63) is 96.1 Å². The molecule has 1 unspecified atom stereocenters. The molecule has 0 fully saturated rings. The van der Waals surface area contributed by atoms with Gasteiger partial charge in [-0.1, -0.05) is 60.7 Å². The highest BCUT2D eigenvalue weighted by Crippen LogP contribution is 2.25. The summed E-state index contributed by atoms with van der Waals surface area (Å²) in [5, 5.41) is 2.62. The molecule has 0 aromatic heterocycles. The molecule has 130 valence electrons. The monoisotopic (exact) mass is 361 g/mol. The number of carbonyl (C=O) groups excluding carboxylic acids is 2. The van der Waals surface area contributed by atoms with Gasteiger partial charge in [-0.15, -0.1) is 11.8 Å². The number of nitrogens with one attached hydrogen (secondary N) is 1. The number of hydrogen-bond acceptors (Lipinski definition) is 3. The van der Waals surface area contributed by atoms with E-state index in [4.69, 9.17) is 0 Å². The Kier molecular flexibility index (Phi) is 5.87. The van der Waals surface area contributed by atoms with Gasteiger partial charge in [0.05, 0.1) is 10.9 Å². The summed E-state index contributed by atoms with van der Waals surface area (Å²) in [6.07, 6.45) is 0. The minimum Gasteiger partial charge on any atom is -0.324 e. The molecule has 1 amide bonds. The number of hydrogen-bond donors (Lipinski definition) is 1. The van der Waals surface area contributed by atoms with Gasteiger partial charge in [0, 0.05) is 16.0 Å². The predicted molar refractivity (Wildman–Crippen MR) is 107 cm³/mol. The van der Waals surface area contributed by atoms with E-state index in [1.807, 2.05) is 61.5 Å². The zero-order chi connectivity index (χ0) is 18.4. The van der Waals surface area contributed by atoms with E-state index in [1.165, 1.54) is 11.8 Å². The third-order valence-electron chi connectivity index (χ3n) is 3.89. The van der Waals surface area contributed by atoms with E-state index in [9.17, 15) is 9.59 Å². The molecule has 0 saturated heterocycles. The molecule has 1 N–H and O–H groups in total. The molecule has 0 radical (unpaired) electrons. The Balaban J connectivity index is 1.76. The molecule has 3 rings (SSSR count). The summed E-state index contributed by atoms with van der Waals surface area (Å²) in [5.41, 5.74) is 1.62. The minimum atomic E-state index is -0.280. The third-order valence-corrected chi connectivity index (χ3v) is 5.00. The van der Waals surface area contributed by atoms with Crippen LogP contribution in [-0.4, -0.2) is 16.9 Å². The molecule has 3 nitrogen and oxygen atoms in total. The van der Waals surface area contributed by atoms with Gasteiger partial charge in [-0.3, -0.25) is 9.59 Å². The van der Waals surface area contributed by atoms with Crippen LogP contribution in [0.4, 0.5) is 5.69 Å². The maximum Gasteiger partial charge on any atom is 0.237 e. The smallest absolute Gasteiger partial charge is 0.237 e. The largest absolute Gasteiger partial charge is 0.324 e. The van der Waals surface area contributed by atoms with Gasteiger partial charge in [0.25, 0.3) is 0 Å². The van der Waals surface area contributed by atoms with Crippen molar-refractivity contribution >= 4 is 29.1 Å². The van der Waals surface area contributed by atoms with E-state index >= 15 is 0 Å². The number of para-hydroxylation sites is 1. The molecule has 0 aliphatic heterocycles. The maximum absolute atomic E-state index is 12.8. The normalized spacial score (nSPS) is 11.6. The standard InChI is InChI=1S/C22H19NO2S/c1-16(26-18-12-6-3-7-13-18)22(25)23-20-15-9-8-14-19(20)21(24)17-10-4-2-5-11-17/h2-16H,1H3,(H,23,25). The van der Waals surface area contributed by atoms with Crippen molar-refractivity contribution in [2.75, 3.05) is 5.32 Å². The molecule has 26 heavy (non-hydrogen) atoms. The molecule has 3 aromatic rings. The molecule has 4 heteroatoms. The average Bonchev–Trinajstić information content (AvgIpc) is 2.69. The van der Waals surface area contributed by atoms with Crippen molar-refractivity contribution in [3.8, 4) is 0 Å². The number of amides is 1. The fourth-order valence-electron chi connectivity index (χ4n) is 2.53. The van der Waals surface area contributed by atoms with Crippen LogP contribution in [0, 0.1) is 0 Å². The summed E-state index contributed by atoms with van der Waals surface area (Å²) in [7, 11) is 0. The fraction of sp³-hybridized carbons (Fsp3) is 0.0909. The predicted octanol–water partition coefficient (Wildman–Crippen LogP) is 5.04. The van der Waals surface area contributed by atoms with E-state index in [2.05, 4.69) is 5.32 Å². The first-order valence-electron chi connectivity index (χ1n) is 8.36. The van der Waals surface area contributed by atoms with Gasteiger partial charge < -0.3 is 5.32 Å². The van der Waals surface area contributed by atoms with Crippen LogP contribution in [-0.2, 0) is 4.79 Å². The van der Waals surface area contributed by atoms with Gasteiger partial charge in [0.1, 0.15) is 0 Å². The number of ketones is 1. The Morgan fingerprint density at radius 2 is 1.38 bits per heavy atom. The van der Waals surface area contributed by atoms with Gasteiger partial charge >= 0.3 is 0 Å². The second kappa shape index (κ2) is 8.50. The van der Waals surface area contributed by atoms with E-state index in [1.54, 1.807) is 30.3 Å². The van der Waals surface area contributed by atoms with Crippen molar-refractivity contribution in [1.82, 2.24) is 0 Å². The fourth-order valence-corrected chi connectivity index (χ4v) is 3.41. The first-order valence-corrected chi connectivity index (χ1v) is 9.24. The lowest BCUT2D eigenvalue weighted by atomic mass is 10.0. The van der Waals surface area contributed by atoms with E-state index < -0.39 is 0 Å². The van der Waals surface area contributed by atoms with Crippen LogP contribution in [0.2, 0.25) is 0 Å². The zero-order valence-electron chi connectivity index (χ0n) is 14.4. The van der Waals surface area contributed by atoms with Crippen molar-refractivity contribution in [3.63, 3.8) is 0 Å². The lowest BCUT2D eigenvalue weighted by Gasteiger charge is -2.14. The highest BCUT2D eigenvalue weighted by molar-refractivity contribution is 8.00. The van der Waals surface area contributed by atoms with Gasteiger partial charge in [-0.05, 0) is 31.2 Å². The van der Waals surface area contributed by atoms with Crippen LogP contribution in [0.25, 0.3) is 0 Å². The Morgan fingerprint density at radius 1 is 0.808 bits per heavy atom. The zero-order valence-corrected chi connectivity index (χ0v) is 15.2. The summed E-state index contributed by atoms with van der Waals surface area (Å²) >= 11 is 1.48. The van der Waals surface area contributed by atoms with Crippen LogP contribution in [0.3, 0.4) is 0 Å². The SMILES string of the molecule is CC(Sc1ccccc1)C(=O)Nc1ccccc1C(=O)c1ccccc1. The minimum absolute atomic E-state index is 0.107. The topological polar surface area (TPSA) is 46.2 Å². The number of thioether (sulfide) groups is 1. The second-order valence-corrected chi connectivity index (χ2v) is 7.22. The van der Waals surface area contributed by atoms with Crippen LogP contribution in [0.15, 0.2) is 89.8 Å². The molecule has 1 atom stereocenters. The molecule has 3 aromatic carbocycles. The summed E-state index contributed by atoms with van der Waals surface area (Å²) in [6.45, 7) is 1.86. The molecule has 0 bridgehead atoms. The molecule has 0 aliphatic carbocycles. The Bertz CT molecular complexity index is 894. The van der Waals surface area contributed by atoms with Crippen molar-refractivity contribution in [1.29, 1.82) is 0 Å². The highest BCUT2D eigenvalue weighted by Gasteiger charge is 2.18. The maximum atomic E-state index is 12.8. The van der Waals surface area contributed by atoms with Gasteiger partial charge in [0.2, 0.25) is 5.91 Å².